The van der Waals surface area contributed by atoms with Crippen molar-refractivity contribution >= 4 is 302 Å². The summed E-state index contributed by atoms with van der Waals surface area (Å²) in [4.78, 5) is 86.2. The molecule has 0 spiro atoms. The fourth-order valence-electron chi connectivity index (χ4n) is 22.5. The summed E-state index contributed by atoms with van der Waals surface area (Å²) in [6.07, 6.45) is 3.06. The molecule has 13 aromatic heterocycles. The molecule has 0 fully saturated rings. The smallest absolute Gasteiger partial charge is 0.198 e. The molecule has 642 valence electrons. The van der Waals surface area contributed by atoms with Crippen molar-refractivity contribution in [3.8, 4) is 33.4 Å². The standard InChI is InChI=1S/C40H20N2O2S2.C40H20N2S4.C39H19N3O4/c43-37-23-7-1-3-13-31(23)41-33-19-21(15-17-24(33)38(44)28-10-5-9-27(37)35(28)41)22-16-18-26-34(20-22)42-32-14-4-2-8-25(32)39(45)29-11-6-12-30(36(29)42)40(26)46;43-37-23-8-1-4-13-31(23)42-34-17-16-21(18-28(34)40(46)27-12-7-11-26(37)35(27)42)22-19-29-36-30(20-22)39(45)25-10-3-6-15-33(25)41(36)32-14-5-2-9-24(32)38(29)44;43-36-22-6-1-3-10-30(22)41-32-16-20(12-14-24(32)37(44)27-9-5-8-26(36)34(27)41)21-13-15-25-33(17-21)42-31-11-4-2-7-23(31)38(45)28-18-40-19-29(35(28)42)39(25)46/h2*1-20H;1-19H. The van der Waals surface area contributed by atoms with Crippen LogP contribution in [0.1, 0.15) is 0 Å². The normalized spacial score (nSPS) is 12.3. The lowest BCUT2D eigenvalue weighted by Gasteiger charge is -2.18. The number of rotatable bonds is 3. The van der Waals surface area contributed by atoms with Crippen LogP contribution in [-0.2, 0) is 0 Å². The molecule has 0 radical (unpaired) electrons. The SMILES string of the molecule is O=c1c2ccccc2n2c3cc(-c4ccc5c(=O)c6cncc7c(=O)c8ccccc8n(c5c4)c76)ccc3c(=O)c3cccc1c32.O=c1c2ccccc2n2c3cc(-c4ccc5c(=S)c6cccc7c(=S)c8ccccc8n(c5c4)c76)ccc3c(=O)c3cccc1c32.S=c1c2ccccc2n2c3ccc(-c4cc5c(=S)c6ccccc6n6c7ccccc7c(=S)c(c4)c56)cc3c(=S)c3cccc1c32. The molecule has 0 amide bonds. The zero-order valence-corrected chi connectivity index (χ0v) is 77.0. The molecule has 0 aliphatic rings. The van der Waals surface area contributed by atoms with Crippen LogP contribution in [0.25, 0.3) is 262 Å². The zero-order chi connectivity index (χ0) is 92.5. The van der Waals surface area contributed by atoms with E-state index in [0.29, 0.717) is 97.7 Å². The van der Waals surface area contributed by atoms with E-state index in [1.165, 1.54) is 12.4 Å². The van der Waals surface area contributed by atoms with Gasteiger partial charge in [0.05, 0.1) is 137 Å². The van der Waals surface area contributed by atoms with Crippen LogP contribution < -0.4 is 32.6 Å². The summed E-state index contributed by atoms with van der Waals surface area (Å²) in [6.45, 7) is 0. The van der Waals surface area contributed by atoms with Gasteiger partial charge in [0, 0.05) is 131 Å². The Labute approximate surface area is 806 Å². The molecule has 17 aromatic carbocycles. The van der Waals surface area contributed by atoms with E-state index in [0.717, 1.165) is 191 Å². The molecule has 0 aliphatic carbocycles. The van der Waals surface area contributed by atoms with Crippen molar-refractivity contribution in [3.63, 3.8) is 0 Å². The van der Waals surface area contributed by atoms with Crippen molar-refractivity contribution in [1.29, 1.82) is 0 Å². The second-order valence-electron chi connectivity index (χ2n) is 35.6. The van der Waals surface area contributed by atoms with Crippen molar-refractivity contribution in [2.24, 2.45) is 0 Å². The van der Waals surface area contributed by atoms with Crippen LogP contribution in [0.15, 0.2) is 387 Å². The van der Waals surface area contributed by atoms with Crippen LogP contribution in [0.3, 0.4) is 0 Å². The van der Waals surface area contributed by atoms with E-state index in [-0.39, 0.29) is 32.6 Å². The van der Waals surface area contributed by atoms with Crippen LogP contribution in [0.2, 0.25) is 0 Å². The summed E-state index contributed by atoms with van der Waals surface area (Å²) in [7, 11) is 0. The second-order valence-corrected chi connectivity index (χ2v) is 38.0. The Hall–Kier alpha value is -16.8. The van der Waals surface area contributed by atoms with Gasteiger partial charge in [0.25, 0.3) is 0 Å². The highest BCUT2D eigenvalue weighted by molar-refractivity contribution is 7.73. The summed E-state index contributed by atoms with van der Waals surface area (Å²) in [6, 6.07) is 114. The van der Waals surface area contributed by atoms with Gasteiger partial charge >= 0.3 is 0 Å². The molecule has 0 bridgehead atoms. The molecule has 0 saturated heterocycles. The van der Waals surface area contributed by atoms with Crippen LogP contribution in [-0.4, -0.2) is 31.4 Å². The summed E-state index contributed by atoms with van der Waals surface area (Å²) < 4.78 is 18.0. The van der Waals surface area contributed by atoms with Crippen LogP contribution >= 0.6 is 73.3 Å². The Kier molecular flexibility index (Phi) is 17.0. The zero-order valence-electron chi connectivity index (χ0n) is 72.1. The largest absolute Gasteiger partial charge is 0.308 e. The molecular weight excluding hydrogens is 1820 g/mol. The molecule has 19 heteroatoms. The third kappa shape index (κ3) is 10.9. The highest BCUT2D eigenvalue weighted by Gasteiger charge is 2.26. The minimum atomic E-state index is -0.191. The lowest BCUT2D eigenvalue weighted by Crippen LogP contribution is -2.14. The highest BCUT2D eigenvalue weighted by atomic mass is 32.1. The minimum Gasteiger partial charge on any atom is -0.308 e. The maximum absolute atomic E-state index is 13.9. The maximum Gasteiger partial charge on any atom is 0.198 e. The van der Waals surface area contributed by atoms with Gasteiger partial charge in [0.15, 0.2) is 32.6 Å². The molecule has 0 aliphatic heterocycles. The van der Waals surface area contributed by atoms with Crippen LogP contribution in [0, 0.1) is 27.1 Å². The molecule has 13 heterocycles. The Morgan fingerprint density at radius 2 is 0.333 bits per heavy atom. The van der Waals surface area contributed by atoms with Gasteiger partial charge in [-0.05, 0) is 185 Å². The first-order valence-corrected chi connectivity index (χ1v) is 47.4. The van der Waals surface area contributed by atoms with Crippen molar-refractivity contribution in [1.82, 2.24) is 31.4 Å². The fraction of sp³-hybridized carbons (Fsp3) is 0. The highest BCUT2D eigenvalue weighted by Crippen LogP contribution is 2.44. The van der Waals surface area contributed by atoms with E-state index in [9.17, 15) is 28.8 Å². The van der Waals surface area contributed by atoms with E-state index in [1.54, 1.807) is 30.3 Å². The number of nitrogens with zero attached hydrogens (tertiary/aromatic N) is 7. The van der Waals surface area contributed by atoms with Gasteiger partial charge in [-0.15, -0.1) is 0 Å². The molecular formula is C119H59N7O6S6. The monoisotopic (exact) mass is 1870 g/mol. The lowest BCUT2D eigenvalue weighted by atomic mass is 9.96. The Balaban J connectivity index is 0.000000102. The predicted octanol–water partition coefficient (Wildman–Crippen LogP) is 28.9. The van der Waals surface area contributed by atoms with E-state index in [1.807, 2.05) is 160 Å². The second kappa shape index (κ2) is 29.4. The topological polar surface area (TPSA) is 142 Å². The van der Waals surface area contributed by atoms with Gasteiger partial charge in [-0.3, -0.25) is 33.8 Å². The quantitative estimate of drug-likeness (QED) is 0.0942. The fourth-order valence-corrected chi connectivity index (χ4v) is 24.5. The van der Waals surface area contributed by atoms with E-state index < -0.39 is 0 Å². The van der Waals surface area contributed by atoms with Crippen molar-refractivity contribution < 1.29 is 0 Å². The van der Waals surface area contributed by atoms with Crippen molar-refractivity contribution in [2.45, 2.75) is 0 Å². The average Bonchev–Trinajstić information content (AvgIpc) is 0.786. The number of para-hydroxylation sites is 11. The summed E-state index contributed by atoms with van der Waals surface area (Å²) in [5.41, 5.74) is 20.6. The van der Waals surface area contributed by atoms with E-state index >= 15 is 0 Å². The number of hydrogen-bond donors (Lipinski definition) is 0. The molecule has 30 aromatic rings. The van der Waals surface area contributed by atoms with E-state index in [4.69, 9.17) is 73.3 Å². The third-order valence-electron chi connectivity index (χ3n) is 28.6. The molecule has 0 N–H and O–H groups in total. The number of pyridine rings is 13. The Morgan fingerprint density at radius 1 is 0.145 bits per heavy atom. The lowest BCUT2D eigenvalue weighted by molar-refractivity contribution is 1.28. The van der Waals surface area contributed by atoms with Gasteiger partial charge < -0.3 is 26.4 Å². The van der Waals surface area contributed by atoms with Gasteiger partial charge in [-0.25, -0.2) is 0 Å². The van der Waals surface area contributed by atoms with Gasteiger partial charge in [0.1, 0.15) is 0 Å². The molecule has 0 unspecified atom stereocenters. The van der Waals surface area contributed by atoms with Gasteiger partial charge in [-0.2, -0.15) is 0 Å². The number of aromatic nitrogens is 7. The first-order valence-electron chi connectivity index (χ1n) is 44.9. The maximum atomic E-state index is 13.9. The summed E-state index contributed by atoms with van der Waals surface area (Å²) >= 11 is 36.7. The minimum absolute atomic E-state index is 0.0669. The van der Waals surface area contributed by atoms with Gasteiger partial charge in [0.2, 0.25) is 0 Å². The predicted molar refractivity (Wildman–Crippen MR) is 584 cm³/mol. The summed E-state index contributed by atoms with van der Waals surface area (Å²) in [5, 5.41) is 18.6. The first-order chi connectivity index (χ1) is 67.5. The molecule has 13 nitrogen and oxygen atoms in total. The van der Waals surface area contributed by atoms with Crippen LogP contribution in [0.4, 0.5) is 0 Å². The van der Waals surface area contributed by atoms with Gasteiger partial charge in [-0.1, -0.05) is 267 Å². The molecule has 138 heavy (non-hydrogen) atoms. The molecule has 0 atom stereocenters. The number of fused-ring (bicyclic) bond motifs is 24. The Bertz CT molecular complexity index is 10800. The first kappa shape index (κ1) is 79.8. The average molecular weight is 1880 g/mol. The molecule has 0 saturated carbocycles. The van der Waals surface area contributed by atoms with Crippen molar-refractivity contribution in [3.05, 3.63) is 447 Å². The van der Waals surface area contributed by atoms with Crippen LogP contribution in [0.5, 0.6) is 0 Å². The van der Waals surface area contributed by atoms with Crippen molar-refractivity contribution in [2.75, 3.05) is 0 Å². The third-order valence-corrected chi connectivity index (χ3v) is 31.2. The number of hydrogen-bond acceptors (Lipinski definition) is 13. The van der Waals surface area contributed by atoms with E-state index in [2.05, 4.69) is 186 Å². The summed E-state index contributed by atoms with van der Waals surface area (Å²) in [5.74, 6) is 0. The Morgan fingerprint density at radius 3 is 0.667 bits per heavy atom. The molecule has 30 rings (SSSR count). The number of benzene rings is 17.